The molecule has 6 aromatic rings. The highest BCUT2D eigenvalue weighted by molar-refractivity contribution is 7.22. The van der Waals surface area contributed by atoms with Crippen LogP contribution in [-0.2, 0) is 16.1 Å². The van der Waals surface area contributed by atoms with Crippen LogP contribution in [0.15, 0.2) is 85.2 Å². The van der Waals surface area contributed by atoms with E-state index in [9.17, 15) is 4.79 Å². The molecule has 42 heavy (non-hydrogen) atoms. The van der Waals surface area contributed by atoms with Gasteiger partial charge in [0.1, 0.15) is 11.1 Å². The highest BCUT2D eigenvalue weighted by Crippen LogP contribution is 2.44. The van der Waals surface area contributed by atoms with Crippen molar-refractivity contribution in [2.75, 3.05) is 0 Å². The minimum Gasteiger partial charge on any atom is -0.360 e. The Morgan fingerprint density at radius 1 is 0.976 bits per heavy atom. The number of benzene rings is 4. The summed E-state index contributed by atoms with van der Waals surface area (Å²) in [5.41, 5.74) is 8.39. The number of nitrogens with zero attached hydrogens (tertiary/aromatic N) is 3. The minimum absolute atomic E-state index is 0.0375. The summed E-state index contributed by atoms with van der Waals surface area (Å²) in [5.74, 6) is -0.0375. The van der Waals surface area contributed by atoms with Crippen molar-refractivity contribution < 1.29 is 9.53 Å². The van der Waals surface area contributed by atoms with E-state index < -0.39 is 11.7 Å². The van der Waals surface area contributed by atoms with Crippen molar-refractivity contribution >= 4 is 50.0 Å². The van der Waals surface area contributed by atoms with Crippen LogP contribution in [0.25, 0.3) is 42.9 Å². The Labute approximate surface area is 254 Å². The van der Waals surface area contributed by atoms with Crippen LogP contribution in [0.5, 0.6) is 0 Å². The van der Waals surface area contributed by atoms with E-state index in [2.05, 4.69) is 58.1 Å². The van der Waals surface area contributed by atoms with Crippen molar-refractivity contribution in [1.82, 2.24) is 14.5 Å². The van der Waals surface area contributed by atoms with E-state index in [0.717, 1.165) is 60.6 Å². The van der Waals surface area contributed by atoms with Crippen molar-refractivity contribution in [1.29, 1.82) is 0 Å². The van der Waals surface area contributed by atoms with Gasteiger partial charge in [-0.25, -0.2) is 9.97 Å². The average molecular weight is 594 g/mol. The lowest BCUT2D eigenvalue weighted by Crippen LogP contribution is -2.27. The van der Waals surface area contributed by atoms with E-state index in [4.69, 9.17) is 21.3 Å². The van der Waals surface area contributed by atoms with Crippen LogP contribution in [0.2, 0.25) is 5.02 Å². The summed E-state index contributed by atoms with van der Waals surface area (Å²) in [7, 11) is 0. The third-order valence-electron chi connectivity index (χ3n) is 7.23. The number of aryl methyl sites for hydroxylation is 1. The molecule has 0 aliphatic heterocycles. The lowest BCUT2D eigenvalue weighted by molar-refractivity contribution is -0.138. The molecule has 2 heterocycles. The quantitative estimate of drug-likeness (QED) is 0.185. The maximum Gasteiger partial charge on any atom is 0.163 e. The van der Waals surface area contributed by atoms with Crippen LogP contribution in [0.1, 0.15) is 50.5 Å². The number of imidazole rings is 1. The molecule has 0 aliphatic rings. The van der Waals surface area contributed by atoms with Crippen LogP contribution < -0.4 is 0 Å². The molecule has 0 unspecified atom stereocenters. The zero-order chi connectivity index (χ0) is 29.6. The summed E-state index contributed by atoms with van der Waals surface area (Å²) >= 11 is 7.91. The van der Waals surface area contributed by atoms with Gasteiger partial charge in [0.2, 0.25) is 0 Å². The number of aromatic nitrogens is 3. The van der Waals surface area contributed by atoms with Crippen LogP contribution in [0.3, 0.4) is 0 Å². The lowest BCUT2D eigenvalue weighted by atomic mass is 9.90. The summed E-state index contributed by atoms with van der Waals surface area (Å²) in [6.45, 7) is 10.3. The minimum atomic E-state index is -0.714. The van der Waals surface area contributed by atoms with Crippen molar-refractivity contribution in [3.05, 3.63) is 107 Å². The van der Waals surface area contributed by atoms with Gasteiger partial charge in [-0.05, 0) is 87.7 Å². The first kappa shape index (κ1) is 28.3. The second-order valence-corrected chi connectivity index (χ2v) is 13.1. The van der Waals surface area contributed by atoms with Crippen LogP contribution in [0, 0.1) is 6.92 Å². The Morgan fingerprint density at radius 2 is 1.69 bits per heavy atom. The van der Waals surface area contributed by atoms with Gasteiger partial charge in [-0.3, -0.25) is 4.79 Å². The monoisotopic (exact) mass is 593 g/mol. The molecule has 1 atom stereocenters. The van der Waals surface area contributed by atoms with Gasteiger partial charge in [-0.15, -0.1) is 11.3 Å². The molecule has 0 aliphatic carbocycles. The second-order valence-electron chi connectivity index (χ2n) is 11.6. The van der Waals surface area contributed by atoms with Crippen molar-refractivity contribution in [2.45, 2.75) is 52.9 Å². The Morgan fingerprint density at radius 3 is 2.38 bits per heavy atom. The van der Waals surface area contributed by atoms with Crippen molar-refractivity contribution in [3.63, 3.8) is 0 Å². The Hall–Kier alpha value is -3.84. The largest absolute Gasteiger partial charge is 0.360 e. The molecule has 0 saturated heterocycles. The number of carbonyl (C=O) groups is 1. The van der Waals surface area contributed by atoms with Crippen LogP contribution in [-0.4, -0.2) is 25.9 Å². The van der Waals surface area contributed by atoms with Gasteiger partial charge in [0.05, 0.1) is 33.2 Å². The van der Waals surface area contributed by atoms with E-state index in [1.807, 2.05) is 64.4 Å². The molecule has 0 spiro atoms. The normalized spacial score (nSPS) is 12.7. The molecule has 2 aromatic heterocycles. The van der Waals surface area contributed by atoms with E-state index in [1.165, 1.54) is 5.56 Å². The van der Waals surface area contributed by atoms with Crippen molar-refractivity contribution in [2.24, 2.45) is 0 Å². The number of fused-ring (bicyclic) bond motifs is 2. The third kappa shape index (κ3) is 5.62. The predicted octanol–water partition coefficient (Wildman–Crippen LogP) is 9.44. The first-order valence-corrected chi connectivity index (χ1v) is 15.1. The Balaban J connectivity index is 1.53. The number of thiazole rings is 1. The first-order valence-electron chi connectivity index (χ1n) is 13.9. The molecule has 0 fully saturated rings. The molecule has 0 amide bonds. The lowest BCUT2D eigenvalue weighted by Gasteiger charge is -2.29. The number of rotatable bonds is 7. The average Bonchev–Trinajstić information content (AvgIpc) is 3.55. The molecule has 0 radical (unpaired) electrons. The maximum absolute atomic E-state index is 13.1. The smallest absolute Gasteiger partial charge is 0.163 e. The number of hydrogen-bond acceptors (Lipinski definition) is 5. The van der Waals surface area contributed by atoms with Crippen LogP contribution >= 0.6 is 22.9 Å². The highest BCUT2D eigenvalue weighted by atomic mass is 35.5. The fourth-order valence-corrected chi connectivity index (χ4v) is 6.62. The molecule has 6 rings (SSSR count). The fourth-order valence-electron chi connectivity index (χ4n) is 5.37. The SMILES string of the molecule is CC(=O)[C@@H](OC(C)(C)C)c1c(C)cc2nc(-c3ccc4ncn(Cc5ccccc5)c4c3)sc2c1-c1ccc(Cl)cc1. The molecule has 5 nitrogen and oxygen atoms in total. The molecular weight excluding hydrogens is 562 g/mol. The summed E-state index contributed by atoms with van der Waals surface area (Å²) in [6, 6.07) is 26.5. The number of ether oxygens (including phenoxy) is 1. The van der Waals surface area contributed by atoms with Gasteiger partial charge in [0.15, 0.2) is 5.78 Å². The summed E-state index contributed by atoms with van der Waals surface area (Å²) < 4.78 is 9.57. The molecule has 0 saturated carbocycles. The highest BCUT2D eigenvalue weighted by Gasteiger charge is 2.30. The van der Waals surface area contributed by atoms with Crippen LogP contribution in [0.4, 0.5) is 0 Å². The second kappa shape index (κ2) is 11.1. The van der Waals surface area contributed by atoms with E-state index in [-0.39, 0.29) is 5.78 Å². The molecule has 0 N–H and O–H groups in total. The van der Waals surface area contributed by atoms with E-state index in [1.54, 1.807) is 18.3 Å². The third-order valence-corrected chi connectivity index (χ3v) is 8.62. The van der Waals surface area contributed by atoms with Gasteiger partial charge in [-0.1, -0.05) is 54.1 Å². The van der Waals surface area contributed by atoms with Gasteiger partial charge in [-0.2, -0.15) is 0 Å². The number of ketones is 1. The first-order chi connectivity index (χ1) is 20.1. The molecule has 4 aromatic carbocycles. The van der Waals surface area contributed by atoms with Crippen molar-refractivity contribution in [3.8, 4) is 21.7 Å². The van der Waals surface area contributed by atoms with E-state index in [0.29, 0.717) is 5.02 Å². The molecular formula is C35H32ClN3O2S. The molecule has 0 bridgehead atoms. The number of Topliss-reactive ketones (excluding diaryl/α,β-unsaturated/α-hetero) is 1. The Kier molecular flexibility index (Phi) is 7.48. The zero-order valence-electron chi connectivity index (χ0n) is 24.3. The van der Waals surface area contributed by atoms with Gasteiger partial charge < -0.3 is 9.30 Å². The fraction of sp³-hybridized carbons (Fsp3) is 0.229. The zero-order valence-corrected chi connectivity index (χ0v) is 25.9. The van der Waals surface area contributed by atoms with Gasteiger partial charge >= 0.3 is 0 Å². The topological polar surface area (TPSA) is 57.0 Å². The summed E-state index contributed by atoms with van der Waals surface area (Å²) in [6.07, 6.45) is 1.18. The maximum atomic E-state index is 13.1. The van der Waals surface area contributed by atoms with Gasteiger partial charge in [0.25, 0.3) is 0 Å². The number of carbonyl (C=O) groups excluding carboxylic acids is 1. The standard InChI is InChI=1S/C35H32ClN3O2S/c1-21-17-28-33(31(24-11-14-26(36)15-12-24)30(21)32(22(2)40)41-35(3,4)5)42-34(38-28)25-13-16-27-29(18-25)39(20-37-27)19-23-9-7-6-8-10-23/h6-18,20,32H,19H2,1-5H3/t32-/m1/s1. The predicted molar refractivity (Wildman–Crippen MR) is 173 cm³/mol. The summed E-state index contributed by atoms with van der Waals surface area (Å²) in [4.78, 5) is 22.8. The molecule has 212 valence electrons. The molecule has 7 heteroatoms. The Bertz CT molecular complexity index is 1920. The summed E-state index contributed by atoms with van der Waals surface area (Å²) in [5, 5.41) is 1.56. The van der Waals surface area contributed by atoms with E-state index >= 15 is 0 Å². The number of halogens is 1. The van der Waals surface area contributed by atoms with Gasteiger partial charge in [0, 0.05) is 28.3 Å². The number of hydrogen-bond donors (Lipinski definition) is 0.